The van der Waals surface area contributed by atoms with Gasteiger partial charge in [-0.3, -0.25) is 0 Å². The smallest absolute Gasteiger partial charge is 0.175 e. The van der Waals surface area contributed by atoms with Gasteiger partial charge in [-0.05, 0) is 35.9 Å². The lowest BCUT2D eigenvalue weighted by molar-refractivity contribution is 0.201. The van der Waals surface area contributed by atoms with Gasteiger partial charge in [0.15, 0.2) is 23.2 Å². The molecule has 2 rings (SSSR count). The van der Waals surface area contributed by atoms with Gasteiger partial charge in [0.2, 0.25) is 0 Å². The molecule has 0 unspecified atom stereocenters. The van der Waals surface area contributed by atoms with Crippen molar-refractivity contribution in [3.63, 3.8) is 0 Å². The molecule has 0 saturated heterocycles. The van der Waals surface area contributed by atoms with Crippen LogP contribution in [0.15, 0.2) is 18.2 Å². The van der Waals surface area contributed by atoms with Crippen LogP contribution >= 0.6 is 0 Å². The fraction of sp³-hybridized carbons (Fsp3) is 0.375. The SMILES string of the molecule is CCCOc1ccc2cc(CCOC)c(F)c(F)c2c1F. The maximum Gasteiger partial charge on any atom is 0.175 e. The molecule has 0 radical (unpaired) electrons. The van der Waals surface area contributed by atoms with Gasteiger partial charge < -0.3 is 9.47 Å². The number of rotatable bonds is 6. The second kappa shape index (κ2) is 6.80. The Labute approximate surface area is 121 Å². The Balaban J connectivity index is 2.53. The minimum Gasteiger partial charge on any atom is -0.491 e. The molecule has 0 spiro atoms. The van der Waals surface area contributed by atoms with E-state index < -0.39 is 17.5 Å². The maximum absolute atomic E-state index is 14.3. The first-order valence-corrected chi connectivity index (χ1v) is 6.81. The van der Waals surface area contributed by atoms with Gasteiger partial charge in [-0.15, -0.1) is 0 Å². The van der Waals surface area contributed by atoms with E-state index in [0.29, 0.717) is 18.4 Å². The molecular formula is C16H17F3O2. The van der Waals surface area contributed by atoms with E-state index in [-0.39, 0.29) is 29.7 Å². The number of fused-ring (bicyclic) bond motifs is 1. The van der Waals surface area contributed by atoms with Gasteiger partial charge in [0.1, 0.15) is 0 Å². The molecule has 0 atom stereocenters. The first-order valence-electron chi connectivity index (χ1n) is 6.81. The highest BCUT2D eigenvalue weighted by molar-refractivity contribution is 5.86. The van der Waals surface area contributed by atoms with E-state index >= 15 is 0 Å². The average Bonchev–Trinajstić information content (AvgIpc) is 2.48. The van der Waals surface area contributed by atoms with Crippen LogP contribution in [0.25, 0.3) is 10.8 Å². The molecule has 0 aromatic heterocycles. The van der Waals surface area contributed by atoms with Crippen LogP contribution in [0.3, 0.4) is 0 Å². The lowest BCUT2D eigenvalue weighted by Gasteiger charge is -2.11. The number of ether oxygens (including phenoxy) is 2. The number of benzene rings is 2. The Hall–Kier alpha value is -1.75. The number of hydrogen-bond donors (Lipinski definition) is 0. The van der Waals surface area contributed by atoms with Gasteiger partial charge in [0.05, 0.1) is 18.6 Å². The molecule has 0 aliphatic carbocycles. The third kappa shape index (κ3) is 3.13. The molecule has 0 bridgehead atoms. The average molecular weight is 298 g/mol. The summed E-state index contributed by atoms with van der Waals surface area (Å²) < 4.78 is 52.4. The molecule has 0 saturated carbocycles. The van der Waals surface area contributed by atoms with E-state index in [0.717, 1.165) is 0 Å². The Bertz CT molecular complexity index is 641. The molecule has 21 heavy (non-hydrogen) atoms. The minimum absolute atomic E-state index is 0.0627. The van der Waals surface area contributed by atoms with E-state index in [1.165, 1.54) is 25.3 Å². The van der Waals surface area contributed by atoms with Crippen molar-refractivity contribution in [3.8, 4) is 5.75 Å². The number of halogens is 3. The van der Waals surface area contributed by atoms with Crippen molar-refractivity contribution >= 4 is 10.8 Å². The molecular weight excluding hydrogens is 281 g/mol. The summed E-state index contributed by atoms with van der Waals surface area (Å²) in [4.78, 5) is 0. The summed E-state index contributed by atoms with van der Waals surface area (Å²) in [7, 11) is 1.48. The van der Waals surface area contributed by atoms with Crippen LogP contribution in [0.2, 0.25) is 0 Å². The quantitative estimate of drug-likeness (QED) is 0.794. The molecule has 2 nitrogen and oxygen atoms in total. The number of methoxy groups -OCH3 is 1. The van der Waals surface area contributed by atoms with Crippen molar-refractivity contribution in [1.29, 1.82) is 0 Å². The zero-order valence-electron chi connectivity index (χ0n) is 12.0. The third-order valence-corrected chi connectivity index (χ3v) is 3.20. The van der Waals surface area contributed by atoms with Crippen molar-refractivity contribution in [2.24, 2.45) is 0 Å². The van der Waals surface area contributed by atoms with Gasteiger partial charge >= 0.3 is 0 Å². The predicted molar refractivity (Wildman–Crippen MR) is 75.2 cm³/mol. The molecule has 0 amide bonds. The van der Waals surface area contributed by atoms with Crippen molar-refractivity contribution < 1.29 is 22.6 Å². The Morgan fingerprint density at radius 2 is 1.76 bits per heavy atom. The summed E-state index contributed by atoms with van der Waals surface area (Å²) in [6.07, 6.45) is 0.926. The van der Waals surface area contributed by atoms with Gasteiger partial charge in [-0.1, -0.05) is 13.0 Å². The van der Waals surface area contributed by atoms with Crippen LogP contribution in [0.1, 0.15) is 18.9 Å². The van der Waals surface area contributed by atoms with Crippen molar-refractivity contribution in [2.45, 2.75) is 19.8 Å². The highest BCUT2D eigenvalue weighted by atomic mass is 19.2. The van der Waals surface area contributed by atoms with Gasteiger partial charge in [0.25, 0.3) is 0 Å². The van der Waals surface area contributed by atoms with Crippen LogP contribution in [-0.2, 0) is 11.2 Å². The standard InChI is InChI=1S/C16H17F3O2/c1-3-7-21-12-5-4-10-9-11(6-8-20-2)14(17)16(19)13(10)15(12)18/h4-5,9H,3,6-8H2,1-2H3. The molecule has 5 heteroatoms. The Kier molecular flexibility index (Phi) is 5.07. The lowest BCUT2D eigenvalue weighted by Crippen LogP contribution is -2.03. The van der Waals surface area contributed by atoms with Crippen LogP contribution in [-0.4, -0.2) is 20.3 Å². The van der Waals surface area contributed by atoms with Crippen LogP contribution < -0.4 is 4.74 Å². The van der Waals surface area contributed by atoms with Crippen LogP contribution in [0.5, 0.6) is 5.75 Å². The molecule has 2 aromatic rings. The maximum atomic E-state index is 14.3. The molecule has 0 fully saturated rings. The second-order valence-electron chi connectivity index (χ2n) is 4.73. The first kappa shape index (κ1) is 15.6. The topological polar surface area (TPSA) is 18.5 Å². The van der Waals surface area contributed by atoms with Crippen molar-refractivity contribution in [1.82, 2.24) is 0 Å². The van der Waals surface area contributed by atoms with Crippen molar-refractivity contribution in [3.05, 3.63) is 41.2 Å². The van der Waals surface area contributed by atoms with Gasteiger partial charge in [-0.2, -0.15) is 0 Å². The minimum atomic E-state index is -1.18. The summed E-state index contributed by atoms with van der Waals surface area (Å²) in [5.74, 6) is -3.15. The zero-order valence-corrected chi connectivity index (χ0v) is 12.0. The largest absolute Gasteiger partial charge is 0.491 e. The Morgan fingerprint density at radius 1 is 1.00 bits per heavy atom. The molecule has 2 aromatic carbocycles. The second-order valence-corrected chi connectivity index (χ2v) is 4.73. The summed E-state index contributed by atoms with van der Waals surface area (Å²) in [6.45, 7) is 2.46. The third-order valence-electron chi connectivity index (χ3n) is 3.20. The van der Waals surface area contributed by atoms with E-state index in [1.807, 2.05) is 6.92 Å². The predicted octanol–water partition coefficient (Wildman–Crippen LogP) is 4.23. The van der Waals surface area contributed by atoms with Gasteiger partial charge in [0, 0.05) is 7.11 Å². The molecule has 0 N–H and O–H groups in total. The summed E-state index contributed by atoms with van der Waals surface area (Å²) in [6, 6.07) is 4.41. The van der Waals surface area contributed by atoms with E-state index in [9.17, 15) is 13.2 Å². The number of hydrogen-bond acceptors (Lipinski definition) is 2. The summed E-state index contributed by atoms with van der Waals surface area (Å²) >= 11 is 0. The van der Waals surface area contributed by atoms with E-state index in [4.69, 9.17) is 9.47 Å². The van der Waals surface area contributed by atoms with E-state index in [1.54, 1.807) is 0 Å². The highest BCUT2D eigenvalue weighted by Gasteiger charge is 2.19. The normalized spacial score (nSPS) is 11.1. The molecule has 0 aliphatic rings. The first-order chi connectivity index (χ1) is 10.1. The van der Waals surface area contributed by atoms with Crippen LogP contribution in [0, 0.1) is 17.5 Å². The molecule has 0 heterocycles. The highest BCUT2D eigenvalue weighted by Crippen LogP contribution is 2.31. The fourth-order valence-electron chi connectivity index (χ4n) is 2.13. The van der Waals surface area contributed by atoms with Crippen LogP contribution in [0.4, 0.5) is 13.2 Å². The van der Waals surface area contributed by atoms with Crippen molar-refractivity contribution in [2.75, 3.05) is 20.3 Å². The molecule has 114 valence electrons. The lowest BCUT2D eigenvalue weighted by atomic mass is 10.0. The summed E-state index contributed by atoms with van der Waals surface area (Å²) in [5, 5.41) is -0.0661. The molecule has 0 aliphatic heterocycles. The van der Waals surface area contributed by atoms with E-state index in [2.05, 4.69) is 0 Å². The zero-order chi connectivity index (χ0) is 15.4. The monoisotopic (exact) mass is 298 g/mol. The van der Waals surface area contributed by atoms with Gasteiger partial charge in [-0.25, -0.2) is 13.2 Å². The fourth-order valence-corrected chi connectivity index (χ4v) is 2.13. The Morgan fingerprint density at radius 3 is 2.43 bits per heavy atom. The summed E-state index contributed by atoms with van der Waals surface area (Å²) in [5.41, 5.74) is 0.170.